The number of nitrogens with zero attached hydrogens (tertiary/aromatic N) is 4. The van der Waals surface area contributed by atoms with E-state index in [1.807, 2.05) is 0 Å². The van der Waals surface area contributed by atoms with Gasteiger partial charge in [0.1, 0.15) is 5.82 Å². The molecule has 3 atom stereocenters. The number of fused-ring (bicyclic) bond motifs is 3. The SMILES string of the molecule is CS(=O)(=O)NC(CN1C2CCC1CC(OCc1ccccc1F)C2)Cn1nc2ccccn2c1=O. The minimum absolute atomic E-state index is 0.0331. The van der Waals surface area contributed by atoms with E-state index in [0.717, 1.165) is 31.9 Å². The highest BCUT2D eigenvalue weighted by atomic mass is 32.2. The number of hydrogen-bond donors (Lipinski definition) is 1. The van der Waals surface area contributed by atoms with Gasteiger partial charge in [-0.3, -0.25) is 9.30 Å². The van der Waals surface area contributed by atoms with Gasteiger partial charge in [0.2, 0.25) is 10.0 Å². The molecule has 2 saturated heterocycles. The summed E-state index contributed by atoms with van der Waals surface area (Å²) in [6.07, 6.45) is 6.44. The van der Waals surface area contributed by atoms with E-state index in [9.17, 15) is 17.6 Å². The van der Waals surface area contributed by atoms with Gasteiger partial charge in [-0.05, 0) is 43.9 Å². The van der Waals surface area contributed by atoms with Crippen molar-refractivity contribution < 1.29 is 17.5 Å². The van der Waals surface area contributed by atoms with Crippen molar-refractivity contribution in [3.05, 3.63) is 70.5 Å². The van der Waals surface area contributed by atoms with Gasteiger partial charge in [0.05, 0.1) is 31.6 Å². The number of halogens is 1. The highest BCUT2D eigenvalue weighted by molar-refractivity contribution is 7.88. The Kier molecular flexibility index (Phi) is 6.75. The van der Waals surface area contributed by atoms with Gasteiger partial charge in [-0.2, -0.15) is 0 Å². The molecule has 2 aliphatic rings. The lowest BCUT2D eigenvalue weighted by atomic mass is 9.99. The quantitative estimate of drug-likeness (QED) is 0.478. The fourth-order valence-corrected chi connectivity index (χ4v) is 6.22. The monoisotopic (exact) mass is 503 g/mol. The first-order valence-corrected chi connectivity index (χ1v) is 13.8. The van der Waals surface area contributed by atoms with Crippen molar-refractivity contribution in [1.82, 2.24) is 23.8 Å². The van der Waals surface area contributed by atoms with E-state index < -0.39 is 16.1 Å². The van der Waals surface area contributed by atoms with Crippen molar-refractivity contribution in [3.8, 4) is 0 Å². The molecular weight excluding hydrogens is 473 g/mol. The van der Waals surface area contributed by atoms with Crippen molar-refractivity contribution in [3.63, 3.8) is 0 Å². The van der Waals surface area contributed by atoms with Crippen LogP contribution in [0.4, 0.5) is 4.39 Å². The van der Waals surface area contributed by atoms with Gasteiger partial charge in [0, 0.05) is 30.4 Å². The molecule has 3 aromatic rings. The Morgan fingerprint density at radius 3 is 2.51 bits per heavy atom. The van der Waals surface area contributed by atoms with Gasteiger partial charge < -0.3 is 4.74 Å². The molecule has 2 aromatic heterocycles. The number of piperidine rings is 1. The molecule has 0 saturated carbocycles. The molecule has 0 aliphatic carbocycles. The minimum Gasteiger partial charge on any atom is -0.373 e. The van der Waals surface area contributed by atoms with E-state index in [0.29, 0.717) is 17.8 Å². The molecule has 2 aliphatic heterocycles. The molecule has 0 amide bonds. The maximum atomic E-state index is 14.0. The summed E-state index contributed by atoms with van der Waals surface area (Å²) >= 11 is 0. The molecule has 2 bridgehead atoms. The normalized spacial score (nSPS) is 23.7. The Labute approximate surface area is 203 Å². The topological polar surface area (TPSA) is 97.9 Å². The molecule has 9 nitrogen and oxygen atoms in total. The van der Waals surface area contributed by atoms with Crippen molar-refractivity contribution in [2.45, 2.75) is 63.1 Å². The average Bonchev–Trinajstić information content (AvgIpc) is 3.23. The Balaban J connectivity index is 1.27. The first kappa shape index (κ1) is 24.1. The summed E-state index contributed by atoms with van der Waals surface area (Å²) in [5.41, 5.74) is 0.769. The minimum atomic E-state index is -3.49. The van der Waals surface area contributed by atoms with E-state index in [1.54, 1.807) is 42.6 Å². The van der Waals surface area contributed by atoms with E-state index >= 15 is 0 Å². The molecule has 5 rings (SSSR count). The van der Waals surface area contributed by atoms with Gasteiger partial charge >= 0.3 is 5.69 Å². The summed E-state index contributed by atoms with van der Waals surface area (Å²) in [5.74, 6) is -0.259. The largest absolute Gasteiger partial charge is 0.373 e. The van der Waals surface area contributed by atoms with Crippen LogP contribution in [0.1, 0.15) is 31.2 Å². The number of rotatable bonds is 9. The Morgan fingerprint density at radius 2 is 1.83 bits per heavy atom. The molecule has 2 fully saturated rings. The number of aromatic nitrogens is 3. The number of benzene rings is 1. The smallest absolute Gasteiger partial charge is 0.350 e. The lowest BCUT2D eigenvalue weighted by Crippen LogP contribution is -2.53. The van der Waals surface area contributed by atoms with Crippen molar-refractivity contribution in [2.75, 3.05) is 12.8 Å². The lowest BCUT2D eigenvalue weighted by molar-refractivity contribution is -0.0309. The summed E-state index contributed by atoms with van der Waals surface area (Å²) in [4.78, 5) is 15.1. The molecule has 35 heavy (non-hydrogen) atoms. The second-order valence-corrected chi connectivity index (χ2v) is 11.3. The number of hydrogen-bond acceptors (Lipinski definition) is 6. The molecule has 1 aromatic carbocycles. The number of pyridine rings is 1. The van der Waals surface area contributed by atoms with Crippen LogP contribution < -0.4 is 10.4 Å². The van der Waals surface area contributed by atoms with Crippen LogP contribution in [0.2, 0.25) is 0 Å². The highest BCUT2D eigenvalue weighted by Crippen LogP contribution is 2.37. The van der Waals surface area contributed by atoms with Crippen LogP contribution in [-0.2, 0) is 27.9 Å². The molecule has 3 unspecified atom stereocenters. The summed E-state index contributed by atoms with van der Waals surface area (Å²) in [5, 5.41) is 4.36. The van der Waals surface area contributed by atoms with Crippen molar-refractivity contribution in [1.29, 1.82) is 0 Å². The zero-order chi connectivity index (χ0) is 24.6. The third-order valence-electron chi connectivity index (χ3n) is 6.97. The summed E-state index contributed by atoms with van der Waals surface area (Å²) < 4.78 is 49.7. The first-order valence-electron chi connectivity index (χ1n) is 11.9. The fraction of sp³-hybridized carbons (Fsp3) is 0.500. The summed E-state index contributed by atoms with van der Waals surface area (Å²) in [6.45, 7) is 0.853. The Hall–Kier alpha value is -2.60. The van der Waals surface area contributed by atoms with E-state index in [4.69, 9.17) is 4.74 Å². The lowest BCUT2D eigenvalue weighted by Gasteiger charge is -2.40. The molecule has 1 N–H and O–H groups in total. The average molecular weight is 504 g/mol. The Bertz CT molecular complexity index is 1340. The predicted octanol–water partition coefficient (Wildman–Crippen LogP) is 1.77. The van der Waals surface area contributed by atoms with Gasteiger partial charge in [0.15, 0.2) is 5.65 Å². The van der Waals surface area contributed by atoms with Crippen LogP contribution in [0.5, 0.6) is 0 Å². The second kappa shape index (κ2) is 9.81. The van der Waals surface area contributed by atoms with Gasteiger partial charge in [-0.1, -0.05) is 24.3 Å². The maximum Gasteiger partial charge on any atom is 0.350 e. The number of ether oxygens (including phenoxy) is 1. The third-order valence-corrected chi connectivity index (χ3v) is 7.73. The van der Waals surface area contributed by atoms with Gasteiger partial charge in [0.25, 0.3) is 0 Å². The molecule has 0 spiro atoms. The maximum absolute atomic E-state index is 14.0. The fourth-order valence-electron chi connectivity index (χ4n) is 5.47. The number of sulfonamides is 1. The van der Waals surface area contributed by atoms with E-state index in [-0.39, 0.29) is 42.8 Å². The zero-order valence-electron chi connectivity index (χ0n) is 19.6. The zero-order valence-corrected chi connectivity index (χ0v) is 20.4. The second-order valence-electron chi connectivity index (χ2n) is 9.56. The molecule has 4 heterocycles. The Morgan fingerprint density at radius 1 is 1.11 bits per heavy atom. The van der Waals surface area contributed by atoms with E-state index in [2.05, 4.69) is 14.7 Å². The van der Waals surface area contributed by atoms with Crippen LogP contribution in [0, 0.1) is 5.82 Å². The van der Waals surface area contributed by atoms with Crippen LogP contribution in [0.25, 0.3) is 5.65 Å². The molecular formula is C24H30FN5O4S. The molecule has 11 heteroatoms. The summed E-state index contributed by atoms with van der Waals surface area (Å²) in [7, 11) is -3.49. The predicted molar refractivity (Wildman–Crippen MR) is 129 cm³/mol. The molecule has 0 radical (unpaired) electrons. The van der Waals surface area contributed by atoms with Crippen LogP contribution in [0.15, 0.2) is 53.5 Å². The van der Waals surface area contributed by atoms with Crippen LogP contribution in [0.3, 0.4) is 0 Å². The highest BCUT2D eigenvalue weighted by Gasteiger charge is 2.42. The van der Waals surface area contributed by atoms with Gasteiger partial charge in [-0.15, -0.1) is 5.10 Å². The first-order chi connectivity index (χ1) is 16.8. The van der Waals surface area contributed by atoms with Gasteiger partial charge in [-0.25, -0.2) is 27.0 Å². The van der Waals surface area contributed by atoms with Crippen LogP contribution >= 0.6 is 0 Å². The summed E-state index contributed by atoms with van der Waals surface area (Å²) in [6, 6.07) is 11.9. The molecule has 188 valence electrons. The standard InChI is InChI=1S/C24H30FN5O4S/c1-35(32,33)27-18(15-30-24(31)28-11-5-4-8-23(28)26-30)14-29-19-9-10-20(29)13-21(12-19)34-16-17-6-2-3-7-22(17)25/h2-8,11,18-21,27H,9-10,12-16H2,1H3. The van der Waals surface area contributed by atoms with Crippen molar-refractivity contribution >= 4 is 15.7 Å². The van der Waals surface area contributed by atoms with E-state index in [1.165, 1.54) is 15.1 Å². The van der Waals surface area contributed by atoms with Crippen LogP contribution in [-0.4, -0.2) is 64.5 Å². The van der Waals surface area contributed by atoms with Crippen molar-refractivity contribution in [2.24, 2.45) is 0 Å². The third kappa shape index (κ3) is 5.48. The number of nitrogens with one attached hydrogen (secondary N) is 1.